The highest BCUT2D eigenvalue weighted by atomic mass is 35.5. The molecule has 1 unspecified atom stereocenters. The van der Waals surface area contributed by atoms with Gasteiger partial charge in [-0.1, -0.05) is 13.8 Å². The number of nitrogens with zero attached hydrogens (tertiary/aromatic N) is 1. The highest BCUT2D eigenvalue weighted by molar-refractivity contribution is 7.09. The summed E-state index contributed by atoms with van der Waals surface area (Å²) in [6.45, 7) is 6.46. The van der Waals surface area contributed by atoms with Crippen LogP contribution < -0.4 is 0 Å². The summed E-state index contributed by atoms with van der Waals surface area (Å²) < 4.78 is 0. The van der Waals surface area contributed by atoms with Crippen molar-refractivity contribution in [2.24, 2.45) is 5.92 Å². The molecule has 0 bridgehead atoms. The lowest BCUT2D eigenvalue weighted by Gasteiger charge is -2.10. The lowest BCUT2D eigenvalue weighted by atomic mass is 10.1. The zero-order valence-electron chi connectivity index (χ0n) is 9.09. The molecule has 1 aromatic rings. The summed E-state index contributed by atoms with van der Waals surface area (Å²) in [5, 5.41) is 3.62. The molecule has 1 rings (SSSR count). The lowest BCUT2D eigenvalue weighted by Crippen LogP contribution is -2.04. The summed E-state index contributed by atoms with van der Waals surface area (Å²) in [4.78, 5) is 4.42. The summed E-state index contributed by atoms with van der Waals surface area (Å²) in [6, 6.07) is 0. The van der Waals surface area contributed by atoms with E-state index in [1.54, 1.807) is 11.3 Å². The quantitative estimate of drug-likeness (QED) is 0.697. The minimum absolute atomic E-state index is 0.305. The van der Waals surface area contributed by atoms with Crippen LogP contribution in [0.25, 0.3) is 0 Å². The SMILES string of the molecule is Cc1csc(CCC(Cl)CC(C)C)n1. The van der Waals surface area contributed by atoms with Crippen molar-refractivity contribution in [2.75, 3.05) is 0 Å². The maximum Gasteiger partial charge on any atom is 0.0928 e. The van der Waals surface area contributed by atoms with Gasteiger partial charge in [0.05, 0.1) is 5.01 Å². The zero-order chi connectivity index (χ0) is 10.6. The largest absolute Gasteiger partial charge is 0.247 e. The molecule has 0 aliphatic carbocycles. The van der Waals surface area contributed by atoms with E-state index in [0.29, 0.717) is 11.3 Å². The normalized spacial score (nSPS) is 13.5. The highest BCUT2D eigenvalue weighted by Crippen LogP contribution is 2.18. The Morgan fingerprint density at radius 2 is 2.21 bits per heavy atom. The summed E-state index contributed by atoms with van der Waals surface area (Å²) in [5.41, 5.74) is 1.12. The van der Waals surface area contributed by atoms with Crippen LogP contribution in [0.3, 0.4) is 0 Å². The summed E-state index contributed by atoms with van der Waals surface area (Å²) in [6.07, 6.45) is 3.18. The molecule has 80 valence electrons. The van der Waals surface area contributed by atoms with Crippen molar-refractivity contribution in [1.82, 2.24) is 4.98 Å². The van der Waals surface area contributed by atoms with Crippen molar-refractivity contribution in [3.05, 3.63) is 16.1 Å². The van der Waals surface area contributed by atoms with Crippen LogP contribution in [0.2, 0.25) is 0 Å². The molecule has 1 nitrogen and oxygen atoms in total. The fourth-order valence-electron chi connectivity index (χ4n) is 1.43. The number of rotatable bonds is 5. The zero-order valence-corrected chi connectivity index (χ0v) is 10.7. The van der Waals surface area contributed by atoms with Gasteiger partial charge in [-0.05, 0) is 25.7 Å². The molecular weight excluding hydrogens is 214 g/mol. The summed E-state index contributed by atoms with van der Waals surface area (Å²) >= 11 is 7.95. The first-order valence-corrected chi connectivity index (χ1v) is 6.44. The van der Waals surface area contributed by atoms with Crippen LogP contribution >= 0.6 is 22.9 Å². The van der Waals surface area contributed by atoms with Crippen LogP contribution in [0.15, 0.2) is 5.38 Å². The molecule has 0 N–H and O–H groups in total. The Kier molecular flexibility index (Phi) is 4.90. The Labute approximate surface area is 95.5 Å². The first kappa shape index (κ1) is 12.0. The fourth-order valence-corrected chi connectivity index (χ4v) is 2.68. The molecule has 0 radical (unpaired) electrons. The summed E-state index contributed by atoms with van der Waals surface area (Å²) in [5.74, 6) is 0.690. The predicted molar refractivity (Wildman–Crippen MR) is 64.3 cm³/mol. The van der Waals surface area contributed by atoms with Gasteiger partial charge in [0.1, 0.15) is 0 Å². The van der Waals surface area contributed by atoms with E-state index in [-0.39, 0.29) is 0 Å². The highest BCUT2D eigenvalue weighted by Gasteiger charge is 2.08. The van der Waals surface area contributed by atoms with E-state index in [1.165, 1.54) is 5.01 Å². The van der Waals surface area contributed by atoms with E-state index in [9.17, 15) is 0 Å². The van der Waals surface area contributed by atoms with Crippen LogP contribution in [0.4, 0.5) is 0 Å². The van der Waals surface area contributed by atoms with Gasteiger partial charge in [0.2, 0.25) is 0 Å². The molecule has 0 aromatic carbocycles. The molecule has 0 fully saturated rings. The van der Waals surface area contributed by atoms with Crippen molar-refractivity contribution in [3.63, 3.8) is 0 Å². The van der Waals surface area contributed by atoms with Gasteiger partial charge in [0.25, 0.3) is 0 Å². The Morgan fingerprint density at radius 3 is 2.71 bits per heavy atom. The third-order valence-corrected chi connectivity index (χ3v) is 3.49. The van der Waals surface area contributed by atoms with Gasteiger partial charge in [-0.15, -0.1) is 22.9 Å². The topological polar surface area (TPSA) is 12.9 Å². The number of hydrogen-bond acceptors (Lipinski definition) is 2. The maximum atomic E-state index is 6.21. The van der Waals surface area contributed by atoms with Gasteiger partial charge >= 0.3 is 0 Å². The van der Waals surface area contributed by atoms with E-state index >= 15 is 0 Å². The van der Waals surface area contributed by atoms with Crippen LogP contribution in [0.1, 0.15) is 37.4 Å². The van der Waals surface area contributed by atoms with Crippen LogP contribution in [-0.2, 0) is 6.42 Å². The summed E-state index contributed by atoms with van der Waals surface area (Å²) in [7, 11) is 0. The van der Waals surface area contributed by atoms with Gasteiger partial charge < -0.3 is 0 Å². The van der Waals surface area contributed by atoms with Crippen LogP contribution in [-0.4, -0.2) is 10.4 Å². The molecule has 3 heteroatoms. The molecule has 0 spiro atoms. The van der Waals surface area contributed by atoms with Gasteiger partial charge in [-0.3, -0.25) is 0 Å². The molecule has 0 saturated heterocycles. The Morgan fingerprint density at radius 1 is 1.50 bits per heavy atom. The Hall–Kier alpha value is -0.0800. The number of aromatic nitrogens is 1. The first-order chi connectivity index (χ1) is 6.58. The monoisotopic (exact) mass is 231 g/mol. The minimum atomic E-state index is 0.305. The van der Waals surface area contributed by atoms with E-state index in [1.807, 2.05) is 6.92 Å². The van der Waals surface area contributed by atoms with Crippen LogP contribution in [0, 0.1) is 12.8 Å². The number of hydrogen-bond donors (Lipinski definition) is 0. The van der Waals surface area contributed by atoms with E-state index < -0.39 is 0 Å². The molecule has 14 heavy (non-hydrogen) atoms. The number of alkyl halides is 1. The molecule has 1 aromatic heterocycles. The molecule has 0 saturated carbocycles. The van der Waals surface area contributed by atoms with Crippen molar-refractivity contribution < 1.29 is 0 Å². The second-order valence-electron chi connectivity index (χ2n) is 4.15. The van der Waals surface area contributed by atoms with Gasteiger partial charge in [-0.2, -0.15) is 0 Å². The molecule has 0 amide bonds. The van der Waals surface area contributed by atoms with Gasteiger partial charge in [0, 0.05) is 22.9 Å². The standard InChI is InChI=1S/C11H18ClNS/c1-8(2)6-10(12)4-5-11-13-9(3)7-14-11/h7-8,10H,4-6H2,1-3H3. The van der Waals surface area contributed by atoms with E-state index in [0.717, 1.165) is 25.0 Å². The van der Waals surface area contributed by atoms with Gasteiger partial charge in [-0.25, -0.2) is 4.98 Å². The molecule has 0 aliphatic heterocycles. The fraction of sp³-hybridized carbons (Fsp3) is 0.727. The van der Waals surface area contributed by atoms with Crippen molar-refractivity contribution >= 4 is 22.9 Å². The Bertz CT molecular complexity index is 270. The predicted octanol–water partition coefficient (Wildman–Crippen LogP) is 4.04. The number of aryl methyl sites for hydroxylation is 2. The maximum absolute atomic E-state index is 6.21. The smallest absolute Gasteiger partial charge is 0.0928 e. The third kappa shape index (κ3) is 4.43. The third-order valence-electron chi connectivity index (χ3n) is 2.07. The molecule has 1 heterocycles. The molecule has 0 aliphatic rings. The second kappa shape index (κ2) is 5.72. The molecular formula is C11H18ClNS. The lowest BCUT2D eigenvalue weighted by molar-refractivity contribution is 0.544. The minimum Gasteiger partial charge on any atom is -0.247 e. The Balaban J connectivity index is 2.26. The number of thiazole rings is 1. The second-order valence-corrected chi connectivity index (χ2v) is 5.71. The molecule has 1 atom stereocenters. The van der Waals surface area contributed by atoms with Gasteiger partial charge in [0.15, 0.2) is 0 Å². The van der Waals surface area contributed by atoms with Crippen molar-refractivity contribution in [2.45, 2.75) is 45.4 Å². The van der Waals surface area contributed by atoms with Crippen molar-refractivity contribution in [1.29, 1.82) is 0 Å². The van der Waals surface area contributed by atoms with E-state index in [4.69, 9.17) is 11.6 Å². The average molecular weight is 232 g/mol. The van der Waals surface area contributed by atoms with E-state index in [2.05, 4.69) is 24.2 Å². The average Bonchev–Trinajstić information content (AvgIpc) is 2.47. The first-order valence-electron chi connectivity index (χ1n) is 5.13. The number of halogens is 1. The van der Waals surface area contributed by atoms with Crippen LogP contribution in [0.5, 0.6) is 0 Å². The van der Waals surface area contributed by atoms with Crippen molar-refractivity contribution in [3.8, 4) is 0 Å².